The first kappa shape index (κ1) is 12.2. The van der Waals surface area contributed by atoms with E-state index in [1.54, 1.807) is 13.0 Å². The molecular formula is C13H16FNO2. The maximum Gasteiger partial charge on any atom is 0.165 e. The Labute approximate surface area is 100.0 Å². The molecule has 1 aromatic rings. The van der Waals surface area contributed by atoms with Crippen molar-refractivity contribution in [3.63, 3.8) is 0 Å². The first-order valence-corrected chi connectivity index (χ1v) is 5.78. The summed E-state index contributed by atoms with van der Waals surface area (Å²) in [6.45, 7) is 3.83. The summed E-state index contributed by atoms with van der Waals surface area (Å²) in [4.78, 5) is 11.9. The van der Waals surface area contributed by atoms with Crippen LogP contribution in [0.5, 0.6) is 0 Å². The number of Topliss-reactive ketones (excluding diaryl/α,β-unsaturated/α-hetero) is 1. The number of ether oxygens (including phenoxy) is 1. The van der Waals surface area contributed by atoms with Crippen LogP contribution in [0.15, 0.2) is 18.2 Å². The molecule has 0 amide bonds. The minimum atomic E-state index is -0.280. The van der Waals surface area contributed by atoms with E-state index in [9.17, 15) is 9.18 Å². The van der Waals surface area contributed by atoms with Crippen molar-refractivity contribution in [3.05, 3.63) is 35.1 Å². The van der Waals surface area contributed by atoms with E-state index >= 15 is 0 Å². The molecule has 3 nitrogen and oxygen atoms in total. The van der Waals surface area contributed by atoms with Gasteiger partial charge in [-0.05, 0) is 30.7 Å². The zero-order chi connectivity index (χ0) is 12.3. The van der Waals surface area contributed by atoms with Crippen LogP contribution in [0.1, 0.15) is 22.3 Å². The van der Waals surface area contributed by atoms with Crippen LogP contribution < -0.4 is 5.32 Å². The number of hydrogen-bond donors (Lipinski definition) is 1. The molecule has 1 N–H and O–H groups in total. The summed E-state index contributed by atoms with van der Waals surface area (Å²) in [5.41, 5.74) is 1.05. The van der Waals surface area contributed by atoms with Crippen LogP contribution in [0, 0.1) is 12.7 Å². The quantitative estimate of drug-likeness (QED) is 0.813. The highest BCUT2D eigenvalue weighted by atomic mass is 19.1. The molecule has 17 heavy (non-hydrogen) atoms. The summed E-state index contributed by atoms with van der Waals surface area (Å²) >= 11 is 0. The van der Waals surface area contributed by atoms with E-state index in [0.717, 1.165) is 6.54 Å². The molecule has 1 aromatic carbocycles. The fourth-order valence-electron chi connectivity index (χ4n) is 1.89. The molecule has 0 bridgehead atoms. The second kappa shape index (κ2) is 5.38. The van der Waals surface area contributed by atoms with Gasteiger partial charge in [0.25, 0.3) is 0 Å². The standard InChI is InChI=1S/C13H16FNO2/c1-9-6-10(2-3-12(9)14)13(16)7-11-8-15-4-5-17-11/h2-3,6,11,15H,4-5,7-8H2,1H3. The summed E-state index contributed by atoms with van der Waals surface area (Å²) in [6.07, 6.45) is 0.277. The summed E-state index contributed by atoms with van der Waals surface area (Å²) in [6, 6.07) is 4.46. The molecule has 0 aromatic heterocycles. The van der Waals surface area contributed by atoms with Gasteiger partial charge in [-0.25, -0.2) is 4.39 Å². The average Bonchev–Trinajstić information content (AvgIpc) is 2.34. The number of carbonyl (C=O) groups excluding carboxylic acids is 1. The molecule has 0 saturated carbocycles. The van der Waals surface area contributed by atoms with E-state index in [1.807, 2.05) is 0 Å². The number of aryl methyl sites for hydroxylation is 1. The van der Waals surface area contributed by atoms with E-state index < -0.39 is 0 Å². The Morgan fingerprint density at radius 1 is 1.59 bits per heavy atom. The van der Waals surface area contributed by atoms with Crippen molar-refractivity contribution in [3.8, 4) is 0 Å². The van der Waals surface area contributed by atoms with Gasteiger partial charge in [0.15, 0.2) is 5.78 Å². The van der Waals surface area contributed by atoms with Gasteiger partial charge >= 0.3 is 0 Å². The van der Waals surface area contributed by atoms with Crippen molar-refractivity contribution in [1.82, 2.24) is 5.32 Å². The van der Waals surface area contributed by atoms with E-state index in [1.165, 1.54) is 12.1 Å². The fraction of sp³-hybridized carbons (Fsp3) is 0.462. The van der Waals surface area contributed by atoms with Crippen LogP contribution in [-0.4, -0.2) is 31.6 Å². The molecule has 1 unspecified atom stereocenters. The largest absolute Gasteiger partial charge is 0.375 e. The molecule has 0 radical (unpaired) electrons. The molecule has 2 rings (SSSR count). The molecule has 1 atom stereocenters. The maximum absolute atomic E-state index is 13.1. The van der Waals surface area contributed by atoms with Gasteiger partial charge in [-0.2, -0.15) is 0 Å². The van der Waals surface area contributed by atoms with Gasteiger partial charge < -0.3 is 10.1 Å². The van der Waals surface area contributed by atoms with Crippen molar-refractivity contribution in [2.24, 2.45) is 0 Å². The minimum Gasteiger partial charge on any atom is -0.375 e. The number of rotatable bonds is 3. The van der Waals surface area contributed by atoms with Crippen molar-refractivity contribution < 1.29 is 13.9 Å². The molecule has 4 heteroatoms. The molecule has 92 valence electrons. The fourth-order valence-corrected chi connectivity index (χ4v) is 1.89. The molecule has 1 saturated heterocycles. The molecule has 1 aliphatic rings. The normalized spacial score (nSPS) is 20.2. The predicted molar refractivity (Wildman–Crippen MR) is 62.7 cm³/mol. The lowest BCUT2D eigenvalue weighted by Gasteiger charge is -2.22. The first-order chi connectivity index (χ1) is 8.16. The second-order valence-electron chi connectivity index (χ2n) is 4.29. The Kier molecular flexibility index (Phi) is 3.86. The van der Waals surface area contributed by atoms with E-state index in [4.69, 9.17) is 4.74 Å². The van der Waals surface area contributed by atoms with Crippen molar-refractivity contribution in [2.45, 2.75) is 19.4 Å². The minimum absolute atomic E-state index is 0.00167. The van der Waals surface area contributed by atoms with Crippen LogP contribution in [0.25, 0.3) is 0 Å². The number of halogens is 1. The van der Waals surface area contributed by atoms with Gasteiger partial charge in [-0.15, -0.1) is 0 Å². The topological polar surface area (TPSA) is 38.3 Å². The van der Waals surface area contributed by atoms with Gasteiger partial charge in [0, 0.05) is 25.1 Å². The number of benzene rings is 1. The van der Waals surface area contributed by atoms with Crippen LogP contribution in [-0.2, 0) is 4.74 Å². The van der Waals surface area contributed by atoms with Crippen LogP contribution in [0.3, 0.4) is 0 Å². The lowest BCUT2D eigenvalue weighted by atomic mass is 10.0. The zero-order valence-electron chi connectivity index (χ0n) is 9.83. The Balaban J connectivity index is 2.01. The Hall–Kier alpha value is -1.26. The molecule has 1 fully saturated rings. The van der Waals surface area contributed by atoms with Gasteiger partial charge in [0.1, 0.15) is 5.82 Å². The highest BCUT2D eigenvalue weighted by Gasteiger charge is 2.18. The molecule has 0 spiro atoms. The molecule has 0 aliphatic carbocycles. The zero-order valence-corrected chi connectivity index (χ0v) is 9.83. The van der Waals surface area contributed by atoms with Gasteiger partial charge in [0.05, 0.1) is 12.7 Å². The van der Waals surface area contributed by atoms with E-state index in [2.05, 4.69) is 5.32 Å². The van der Waals surface area contributed by atoms with E-state index in [0.29, 0.717) is 30.7 Å². The Bertz CT molecular complexity index is 414. The van der Waals surface area contributed by atoms with Crippen LogP contribution >= 0.6 is 0 Å². The van der Waals surface area contributed by atoms with Gasteiger partial charge in [0.2, 0.25) is 0 Å². The summed E-state index contributed by atoms with van der Waals surface area (Å²) in [7, 11) is 0. The molecule has 1 heterocycles. The summed E-state index contributed by atoms with van der Waals surface area (Å²) in [5, 5.41) is 3.17. The molecular weight excluding hydrogens is 221 g/mol. The third-order valence-corrected chi connectivity index (χ3v) is 2.90. The molecule has 1 aliphatic heterocycles. The lowest BCUT2D eigenvalue weighted by Crippen LogP contribution is -2.39. The number of ketones is 1. The number of morpholine rings is 1. The Morgan fingerprint density at radius 2 is 2.41 bits per heavy atom. The third kappa shape index (κ3) is 3.11. The highest BCUT2D eigenvalue weighted by molar-refractivity contribution is 5.96. The van der Waals surface area contributed by atoms with Crippen molar-refractivity contribution in [1.29, 1.82) is 0 Å². The monoisotopic (exact) mass is 237 g/mol. The summed E-state index contributed by atoms with van der Waals surface area (Å²) < 4.78 is 18.5. The van der Waals surface area contributed by atoms with Crippen molar-refractivity contribution in [2.75, 3.05) is 19.7 Å². The van der Waals surface area contributed by atoms with Crippen molar-refractivity contribution >= 4 is 5.78 Å². The number of hydrogen-bond acceptors (Lipinski definition) is 3. The van der Waals surface area contributed by atoms with Crippen LogP contribution in [0.2, 0.25) is 0 Å². The third-order valence-electron chi connectivity index (χ3n) is 2.90. The SMILES string of the molecule is Cc1cc(C(=O)CC2CNCCO2)ccc1F. The maximum atomic E-state index is 13.1. The summed E-state index contributed by atoms with van der Waals surface area (Å²) in [5.74, 6) is -0.279. The average molecular weight is 237 g/mol. The highest BCUT2D eigenvalue weighted by Crippen LogP contribution is 2.13. The predicted octanol–water partition coefficient (Wildman–Crippen LogP) is 1.70. The van der Waals surface area contributed by atoms with Gasteiger partial charge in [-0.3, -0.25) is 4.79 Å². The van der Waals surface area contributed by atoms with Crippen LogP contribution in [0.4, 0.5) is 4.39 Å². The Morgan fingerprint density at radius 3 is 3.06 bits per heavy atom. The van der Waals surface area contributed by atoms with E-state index in [-0.39, 0.29) is 17.7 Å². The smallest absolute Gasteiger partial charge is 0.165 e. The number of carbonyl (C=O) groups is 1. The lowest BCUT2D eigenvalue weighted by molar-refractivity contribution is 0.0240. The first-order valence-electron chi connectivity index (χ1n) is 5.78. The second-order valence-corrected chi connectivity index (χ2v) is 4.29. The van der Waals surface area contributed by atoms with Gasteiger partial charge in [-0.1, -0.05) is 0 Å². The number of nitrogens with one attached hydrogen (secondary N) is 1.